The number of nitrogens with one attached hydrogen (secondary N) is 1. The third kappa shape index (κ3) is 5.34. The number of carbonyl (C=O) groups excluding carboxylic acids is 1. The normalized spacial score (nSPS) is 14.2. The number of carboxylic acid groups (broad SMARTS) is 1. The first-order valence-corrected chi connectivity index (χ1v) is 6.42. The summed E-state index contributed by atoms with van der Waals surface area (Å²) in [5.74, 6) is -2.44. The molecule has 122 valence electrons. The van der Waals surface area contributed by atoms with Gasteiger partial charge in [0.2, 0.25) is 6.17 Å². The van der Waals surface area contributed by atoms with Crippen LogP contribution in [0.3, 0.4) is 0 Å². The Hall–Kier alpha value is -2.12. The van der Waals surface area contributed by atoms with Crippen molar-refractivity contribution < 1.29 is 32.3 Å². The second-order valence-corrected chi connectivity index (χ2v) is 4.93. The number of halogens is 4. The molecule has 0 aliphatic heterocycles. The summed E-state index contributed by atoms with van der Waals surface area (Å²) in [6, 6.07) is 3.19. The molecule has 0 aliphatic rings. The van der Waals surface area contributed by atoms with Crippen LogP contribution in [0.25, 0.3) is 0 Å². The minimum Gasteiger partial charge on any atom is -0.481 e. The van der Waals surface area contributed by atoms with Gasteiger partial charge in [0.15, 0.2) is 0 Å². The van der Waals surface area contributed by atoms with Crippen molar-refractivity contribution in [1.29, 1.82) is 0 Å². The number of rotatable bonds is 6. The molecule has 2 atom stereocenters. The summed E-state index contributed by atoms with van der Waals surface area (Å²) in [6.07, 6.45) is -6.82. The fourth-order valence-corrected chi connectivity index (χ4v) is 1.73. The molecule has 22 heavy (non-hydrogen) atoms. The van der Waals surface area contributed by atoms with Crippen LogP contribution in [-0.2, 0) is 15.8 Å². The van der Waals surface area contributed by atoms with E-state index in [4.69, 9.17) is 5.11 Å². The van der Waals surface area contributed by atoms with Crippen molar-refractivity contribution in [3.8, 4) is 0 Å². The molecule has 0 spiro atoms. The molecule has 0 heterocycles. The highest BCUT2D eigenvalue weighted by Crippen LogP contribution is 2.30. The minimum atomic E-state index is -4.53. The molecule has 1 aromatic rings. The summed E-state index contributed by atoms with van der Waals surface area (Å²) in [4.78, 5) is 22.0. The Labute approximate surface area is 124 Å². The smallest absolute Gasteiger partial charge is 0.416 e. The van der Waals surface area contributed by atoms with Gasteiger partial charge in [-0.25, -0.2) is 4.39 Å². The van der Waals surface area contributed by atoms with Gasteiger partial charge in [0.25, 0.3) is 5.91 Å². The number of carbonyl (C=O) groups is 2. The predicted molar refractivity (Wildman–Crippen MR) is 69.7 cm³/mol. The third-order valence-corrected chi connectivity index (χ3v) is 2.91. The summed E-state index contributed by atoms with van der Waals surface area (Å²) in [7, 11) is 0. The van der Waals surface area contributed by atoms with Gasteiger partial charge in [0.1, 0.15) is 0 Å². The molecule has 0 bridgehead atoms. The molecule has 1 amide bonds. The summed E-state index contributed by atoms with van der Waals surface area (Å²) in [5, 5.41) is 10.8. The zero-order valence-electron chi connectivity index (χ0n) is 11.7. The Kier molecular flexibility index (Phi) is 5.90. The van der Waals surface area contributed by atoms with E-state index >= 15 is 0 Å². The van der Waals surface area contributed by atoms with Gasteiger partial charge in [-0.05, 0) is 23.6 Å². The summed E-state index contributed by atoms with van der Waals surface area (Å²) < 4.78 is 51.0. The number of hydrogen-bond acceptors (Lipinski definition) is 2. The van der Waals surface area contributed by atoms with Crippen molar-refractivity contribution in [2.75, 3.05) is 6.54 Å². The fourth-order valence-electron chi connectivity index (χ4n) is 1.73. The first kappa shape index (κ1) is 17.9. The van der Waals surface area contributed by atoms with Gasteiger partial charge >= 0.3 is 12.1 Å². The molecule has 2 N–H and O–H groups in total. The molecule has 1 rings (SSSR count). The van der Waals surface area contributed by atoms with E-state index in [1.807, 2.05) is 0 Å². The number of alkyl halides is 4. The number of benzene rings is 1. The minimum absolute atomic E-state index is 0.0355. The Morgan fingerprint density at radius 1 is 1.23 bits per heavy atom. The van der Waals surface area contributed by atoms with Crippen LogP contribution >= 0.6 is 0 Å². The molecule has 0 fully saturated rings. The molecule has 0 aromatic heterocycles. The average molecular weight is 321 g/mol. The maximum atomic E-state index is 13.9. The molecule has 1 aromatic carbocycles. The largest absolute Gasteiger partial charge is 0.481 e. The van der Waals surface area contributed by atoms with E-state index < -0.39 is 29.8 Å². The highest BCUT2D eigenvalue weighted by atomic mass is 19.4. The summed E-state index contributed by atoms with van der Waals surface area (Å²) in [5.41, 5.74) is -1.13. The SMILES string of the molecule is CC(CNC(=O)C(F)c1ccc(C(F)(F)F)cc1)CC(=O)O. The first-order valence-electron chi connectivity index (χ1n) is 6.42. The van der Waals surface area contributed by atoms with Crippen LogP contribution in [0.1, 0.15) is 30.6 Å². The molecule has 0 radical (unpaired) electrons. The Morgan fingerprint density at radius 2 is 1.77 bits per heavy atom. The number of amides is 1. The van der Waals surface area contributed by atoms with Gasteiger partial charge in [-0.3, -0.25) is 9.59 Å². The highest BCUT2D eigenvalue weighted by Gasteiger charge is 2.30. The van der Waals surface area contributed by atoms with E-state index in [1.54, 1.807) is 6.92 Å². The predicted octanol–water partition coefficient (Wildman–Crippen LogP) is 2.94. The van der Waals surface area contributed by atoms with Gasteiger partial charge in [0.05, 0.1) is 5.56 Å². The quantitative estimate of drug-likeness (QED) is 0.792. The van der Waals surface area contributed by atoms with Gasteiger partial charge in [-0.15, -0.1) is 0 Å². The second kappa shape index (κ2) is 7.24. The monoisotopic (exact) mass is 321 g/mol. The molecule has 0 saturated carbocycles. The van der Waals surface area contributed by atoms with Crippen LogP contribution in [0.5, 0.6) is 0 Å². The maximum Gasteiger partial charge on any atom is 0.416 e. The number of hydrogen-bond donors (Lipinski definition) is 2. The van der Waals surface area contributed by atoms with Gasteiger partial charge < -0.3 is 10.4 Å². The fraction of sp³-hybridized carbons (Fsp3) is 0.429. The Balaban J connectivity index is 2.61. The lowest BCUT2D eigenvalue weighted by Gasteiger charge is -2.13. The molecule has 8 heteroatoms. The van der Waals surface area contributed by atoms with Crippen molar-refractivity contribution in [1.82, 2.24) is 5.32 Å². The zero-order chi connectivity index (χ0) is 16.9. The van der Waals surface area contributed by atoms with Gasteiger partial charge in [0, 0.05) is 13.0 Å². The lowest BCUT2D eigenvalue weighted by Crippen LogP contribution is -2.32. The van der Waals surface area contributed by atoms with Crippen LogP contribution in [-0.4, -0.2) is 23.5 Å². The van der Waals surface area contributed by atoms with Gasteiger partial charge in [-0.2, -0.15) is 13.2 Å². The van der Waals surface area contributed by atoms with Crippen molar-refractivity contribution in [3.05, 3.63) is 35.4 Å². The van der Waals surface area contributed by atoms with E-state index in [-0.39, 0.29) is 24.4 Å². The van der Waals surface area contributed by atoms with Crippen LogP contribution in [0, 0.1) is 5.92 Å². The van der Waals surface area contributed by atoms with Crippen molar-refractivity contribution in [2.24, 2.45) is 5.92 Å². The molecule has 2 unspecified atom stereocenters. The van der Waals surface area contributed by atoms with E-state index in [0.717, 1.165) is 12.1 Å². The van der Waals surface area contributed by atoms with Gasteiger partial charge in [-0.1, -0.05) is 19.1 Å². The van der Waals surface area contributed by atoms with E-state index in [2.05, 4.69) is 5.32 Å². The van der Waals surface area contributed by atoms with Crippen LogP contribution in [0.4, 0.5) is 17.6 Å². The Morgan fingerprint density at radius 3 is 2.23 bits per heavy atom. The topological polar surface area (TPSA) is 66.4 Å². The van der Waals surface area contributed by atoms with Crippen molar-refractivity contribution >= 4 is 11.9 Å². The molecular formula is C14H15F4NO3. The summed E-state index contributed by atoms with van der Waals surface area (Å²) >= 11 is 0. The molecule has 0 aliphatic carbocycles. The maximum absolute atomic E-state index is 13.9. The zero-order valence-corrected chi connectivity index (χ0v) is 11.7. The Bertz CT molecular complexity index is 528. The number of aliphatic carboxylic acids is 1. The second-order valence-electron chi connectivity index (χ2n) is 4.93. The molecule has 4 nitrogen and oxygen atoms in total. The molecule has 0 saturated heterocycles. The average Bonchev–Trinajstić information content (AvgIpc) is 2.42. The lowest BCUT2D eigenvalue weighted by atomic mass is 10.1. The highest BCUT2D eigenvalue weighted by molar-refractivity contribution is 5.82. The van der Waals surface area contributed by atoms with Crippen molar-refractivity contribution in [3.63, 3.8) is 0 Å². The first-order chi connectivity index (χ1) is 10.1. The molecular weight excluding hydrogens is 306 g/mol. The summed E-state index contributed by atoms with van der Waals surface area (Å²) in [6.45, 7) is 1.53. The standard InChI is InChI=1S/C14H15F4NO3/c1-8(6-11(20)21)7-19-13(22)12(15)9-2-4-10(5-3-9)14(16,17)18/h2-5,8,12H,6-7H2,1H3,(H,19,22)(H,20,21). The van der Waals surface area contributed by atoms with Crippen molar-refractivity contribution in [2.45, 2.75) is 25.7 Å². The van der Waals surface area contributed by atoms with E-state index in [9.17, 15) is 27.2 Å². The lowest BCUT2D eigenvalue weighted by molar-refractivity contribution is -0.138. The van der Waals surface area contributed by atoms with Crippen LogP contribution < -0.4 is 5.32 Å². The van der Waals surface area contributed by atoms with Crippen LogP contribution in [0.15, 0.2) is 24.3 Å². The number of carboxylic acids is 1. The van der Waals surface area contributed by atoms with Crippen LogP contribution in [0.2, 0.25) is 0 Å². The van der Waals surface area contributed by atoms with E-state index in [0.29, 0.717) is 12.1 Å². The third-order valence-electron chi connectivity index (χ3n) is 2.91. The van der Waals surface area contributed by atoms with E-state index in [1.165, 1.54) is 0 Å².